The minimum absolute atomic E-state index is 0.117. The van der Waals surface area contributed by atoms with Gasteiger partial charge in [-0.05, 0) is 61.6 Å². The first-order valence-electron chi connectivity index (χ1n) is 13.9. The fourth-order valence-electron chi connectivity index (χ4n) is 5.25. The molecule has 3 aromatic rings. The van der Waals surface area contributed by atoms with Crippen molar-refractivity contribution >= 4 is 11.8 Å². The van der Waals surface area contributed by atoms with Gasteiger partial charge in [-0.1, -0.05) is 79.4 Å². The summed E-state index contributed by atoms with van der Waals surface area (Å²) in [6.45, 7) is 4.10. The van der Waals surface area contributed by atoms with Crippen LogP contribution < -0.4 is 14.8 Å². The molecule has 3 aromatic carbocycles. The summed E-state index contributed by atoms with van der Waals surface area (Å²) in [5, 5.41) is 3.27. The number of ether oxygens (including phenoxy) is 2. The van der Waals surface area contributed by atoms with Gasteiger partial charge in [0.25, 0.3) is 5.91 Å². The summed E-state index contributed by atoms with van der Waals surface area (Å²) in [7, 11) is 1.62. The molecule has 1 aliphatic carbocycles. The molecule has 0 radical (unpaired) electrons. The fourth-order valence-corrected chi connectivity index (χ4v) is 5.25. The van der Waals surface area contributed by atoms with Crippen molar-refractivity contribution in [2.24, 2.45) is 0 Å². The number of benzene rings is 3. The summed E-state index contributed by atoms with van der Waals surface area (Å²) >= 11 is 0. The highest BCUT2D eigenvalue weighted by molar-refractivity contribution is 5.88. The van der Waals surface area contributed by atoms with Crippen LogP contribution in [0.4, 0.5) is 0 Å². The first-order valence-corrected chi connectivity index (χ1v) is 13.9. The molecule has 0 unspecified atom stereocenters. The van der Waals surface area contributed by atoms with Crippen LogP contribution in [-0.2, 0) is 22.6 Å². The molecule has 6 heteroatoms. The fraction of sp³-hybridized carbons (Fsp3) is 0.394. The Hall–Kier alpha value is -3.80. The Balaban J connectivity index is 1.63. The largest absolute Gasteiger partial charge is 0.497 e. The molecule has 206 valence electrons. The molecule has 39 heavy (non-hydrogen) atoms. The molecular formula is C33H40N2O4. The molecule has 1 fully saturated rings. The van der Waals surface area contributed by atoms with Crippen LogP contribution in [0.15, 0.2) is 72.8 Å². The lowest BCUT2D eigenvalue weighted by atomic mass is 9.94. The van der Waals surface area contributed by atoms with E-state index in [0.717, 1.165) is 47.9 Å². The van der Waals surface area contributed by atoms with E-state index in [1.165, 1.54) is 6.42 Å². The Morgan fingerprint density at radius 1 is 0.923 bits per heavy atom. The monoisotopic (exact) mass is 528 g/mol. The molecule has 0 heterocycles. The summed E-state index contributed by atoms with van der Waals surface area (Å²) in [5.74, 6) is 1.02. The SMILES string of the molecule is COc1cccc(CN(C(=O)COc2ccc(C)cc2C)[C@@H](Cc2ccccc2)C(=O)NC2CCCCC2)c1. The lowest BCUT2D eigenvalue weighted by Crippen LogP contribution is -2.53. The van der Waals surface area contributed by atoms with Gasteiger partial charge in [-0.2, -0.15) is 0 Å². The van der Waals surface area contributed by atoms with Crippen molar-refractivity contribution in [1.82, 2.24) is 10.2 Å². The van der Waals surface area contributed by atoms with Gasteiger partial charge < -0.3 is 19.7 Å². The van der Waals surface area contributed by atoms with E-state index < -0.39 is 6.04 Å². The van der Waals surface area contributed by atoms with Crippen LogP contribution in [0.3, 0.4) is 0 Å². The Morgan fingerprint density at radius 3 is 2.38 bits per heavy atom. The van der Waals surface area contributed by atoms with Gasteiger partial charge in [0.15, 0.2) is 6.61 Å². The van der Waals surface area contributed by atoms with Crippen LogP contribution in [0.2, 0.25) is 0 Å². The van der Waals surface area contributed by atoms with E-state index in [4.69, 9.17) is 9.47 Å². The number of nitrogens with zero attached hydrogens (tertiary/aromatic N) is 1. The van der Waals surface area contributed by atoms with E-state index >= 15 is 0 Å². The lowest BCUT2D eigenvalue weighted by Gasteiger charge is -2.33. The van der Waals surface area contributed by atoms with Crippen molar-refractivity contribution in [3.05, 3.63) is 95.1 Å². The van der Waals surface area contributed by atoms with E-state index in [1.54, 1.807) is 12.0 Å². The second-order valence-corrected chi connectivity index (χ2v) is 10.5. The predicted molar refractivity (Wildman–Crippen MR) is 154 cm³/mol. The number of aryl methyl sites for hydroxylation is 2. The molecule has 0 aromatic heterocycles. The van der Waals surface area contributed by atoms with Crippen LogP contribution in [0.25, 0.3) is 0 Å². The second kappa shape index (κ2) is 13.8. The van der Waals surface area contributed by atoms with E-state index in [-0.39, 0.29) is 31.0 Å². The van der Waals surface area contributed by atoms with E-state index in [9.17, 15) is 9.59 Å². The minimum atomic E-state index is -0.684. The molecule has 1 aliphatic rings. The number of hydrogen-bond acceptors (Lipinski definition) is 4. The molecule has 0 saturated heterocycles. The standard InChI is InChI=1S/C33H40N2O4/c1-24-17-18-31(25(2)19-24)39-23-32(36)35(22-27-13-10-16-29(20-27)38-3)30(21-26-11-6-4-7-12-26)33(37)34-28-14-8-5-9-15-28/h4,6-7,10-13,16-20,28,30H,5,8-9,14-15,21-23H2,1-3H3,(H,34,37)/t30-/m0/s1. The Kier molecular flexibility index (Phi) is 10.0. The molecule has 0 spiro atoms. The van der Waals surface area contributed by atoms with Gasteiger partial charge in [0.2, 0.25) is 5.91 Å². The first-order chi connectivity index (χ1) is 18.9. The van der Waals surface area contributed by atoms with Crippen molar-refractivity contribution in [3.8, 4) is 11.5 Å². The Bertz CT molecular complexity index is 1240. The summed E-state index contributed by atoms with van der Waals surface area (Å²) in [6, 6.07) is 22.9. The molecule has 0 aliphatic heterocycles. The maximum atomic E-state index is 13.9. The first kappa shape index (κ1) is 28.2. The molecule has 4 rings (SSSR count). The number of methoxy groups -OCH3 is 1. The van der Waals surface area contributed by atoms with Crippen LogP contribution in [0, 0.1) is 13.8 Å². The molecule has 0 bridgehead atoms. The van der Waals surface area contributed by atoms with Gasteiger partial charge in [-0.25, -0.2) is 0 Å². The zero-order valence-electron chi connectivity index (χ0n) is 23.3. The maximum Gasteiger partial charge on any atom is 0.261 e. The van der Waals surface area contributed by atoms with Crippen molar-refractivity contribution in [1.29, 1.82) is 0 Å². The third kappa shape index (κ3) is 8.09. The molecular weight excluding hydrogens is 488 g/mol. The normalized spacial score (nSPS) is 14.3. The number of nitrogens with one attached hydrogen (secondary N) is 1. The minimum Gasteiger partial charge on any atom is -0.497 e. The highest BCUT2D eigenvalue weighted by atomic mass is 16.5. The summed E-state index contributed by atoms with van der Waals surface area (Å²) in [4.78, 5) is 29.4. The number of hydrogen-bond donors (Lipinski definition) is 1. The van der Waals surface area contributed by atoms with Crippen LogP contribution in [-0.4, -0.2) is 42.5 Å². The van der Waals surface area contributed by atoms with Crippen molar-refractivity contribution in [3.63, 3.8) is 0 Å². The van der Waals surface area contributed by atoms with Crippen molar-refractivity contribution < 1.29 is 19.1 Å². The highest BCUT2D eigenvalue weighted by Gasteiger charge is 2.32. The van der Waals surface area contributed by atoms with Gasteiger partial charge in [0.05, 0.1) is 7.11 Å². The third-order valence-electron chi connectivity index (χ3n) is 7.39. The van der Waals surface area contributed by atoms with Crippen LogP contribution in [0.5, 0.6) is 11.5 Å². The van der Waals surface area contributed by atoms with E-state index in [2.05, 4.69) is 5.32 Å². The number of carbonyl (C=O) groups excluding carboxylic acids is 2. The predicted octanol–water partition coefficient (Wildman–Crippen LogP) is 5.78. The third-order valence-corrected chi connectivity index (χ3v) is 7.39. The van der Waals surface area contributed by atoms with E-state index in [0.29, 0.717) is 17.9 Å². The molecule has 2 amide bonds. The zero-order chi connectivity index (χ0) is 27.6. The Labute approximate surface area is 232 Å². The van der Waals surface area contributed by atoms with Gasteiger partial charge in [-0.15, -0.1) is 0 Å². The molecule has 1 N–H and O–H groups in total. The Morgan fingerprint density at radius 2 is 1.67 bits per heavy atom. The summed E-state index contributed by atoms with van der Waals surface area (Å²) in [5.41, 5.74) is 3.99. The molecule has 1 saturated carbocycles. The highest BCUT2D eigenvalue weighted by Crippen LogP contribution is 2.22. The second-order valence-electron chi connectivity index (χ2n) is 10.5. The molecule has 1 atom stereocenters. The quantitative estimate of drug-likeness (QED) is 0.343. The summed E-state index contributed by atoms with van der Waals surface area (Å²) < 4.78 is 11.4. The van der Waals surface area contributed by atoms with Crippen LogP contribution >= 0.6 is 0 Å². The average Bonchev–Trinajstić information content (AvgIpc) is 2.95. The van der Waals surface area contributed by atoms with Gasteiger partial charge in [0.1, 0.15) is 17.5 Å². The van der Waals surface area contributed by atoms with Crippen molar-refractivity contribution in [2.45, 2.75) is 71.0 Å². The zero-order valence-corrected chi connectivity index (χ0v) is 23.3. The molecule has 6 nitrogen and oxygen atoms in total. The smallest absolute Gasteiger partial charge is 0.261 e. The van der Waals surface area contributed by atoms with Crippen molar-refractivity contribution in [2.75, 3.05) is 13.7 Å². The van der Waals surface area contributed by atoms with Gasteiger partial charge in [0, 0.05) is 19.0 Å². The van der Waals surface area contributed by atoms with E-state index in [1.807, 2.05) is 86.6 Å². The lowest BCUT2D eigenvalue weighted by molar-refractivity contribution is -0.143. The van der Waals surface area contributed by atoms with Gasteiger partial charge in [-0.3, -0.25) is 9.59 Å². The number of carbonyl (C=O) groups is 2. The summed E-state index contributed by atoms with van der Waals surface area (Å²) in [6.07, 6.45) is 5.80. The number of amides is 2. The topological polar surface area (TPSA) is 67.9 Å². The average molecular weight is 529 g/mol. The maximum absolute atomic E-state index is 13.9. The van der Waals surface area contributed by atoms with Crippen LogP contribution in [0.1, 0.15) is 54.4 Å². The number of rotatable bonds is 11. The van der Waals surface area contributed by atoms with Gasteiger partial charge >= 0.3 is 0 Å².